The van der Waals surface area contributed by atoms with Gasteiger partial charge >= 0.3 is 6.18 Å². The maximum Gasteiger partial charge on any atom is 0.416 e. The maximum absolute atomic E-state index is 15.5. The highest BCUT2D eigenvalue weighted by molar-refractivity contribution is 7.16. The molecule has 196 valence electrons. The summed E-state index contributed by atoms with van der Waals surface area (Å²) in [6.07, 6.45) is 0.0828. The Labute approximate surface area is 217 Å². The Morgan fingerprint density at radius 2 is 1.86 bits per heavy atom. The number of aryl methyl sites for hydroxylation is 1. The average Bonchev–Trinajstić information content (AvgIpc) is 3.25. The highest BCUT2D eigenvalue weighted by Crippen LogP contribution is 2.38. The summed E-state index contributed by atoms with van der Waals surface area (Å²) in [4.78, 5) is 15.4. The number of alkyl halides is 3. The fraction of sp³-hybridized carbons (Fsp3) is 0.480. The van der Waals surface area contributed by atoms with Crippen LogP contribution in [0.4, 0.5) is 34.3 Å². The number of nitrogens with one attached hydrogen (secondary N) is 1. The van der Waals surface area contributed by atoms with E-state index in [0.717, 1.165) is 36.3 Å². The Hall–Kier alpha value is -2.46. The van der Waals surface area contributed by atoms with E-state index in [1.54, 1.807) is 0 Å². The molecule has 3 rings (SSSR count). The van der Waals surface area contributed by atoms with Crippen molar-refractivity contribution in [2.24, 2.45) is 5.92 Å². The minimum atomic E-state index is -4.54. The van der Waals surface area contributed by atoms with Crippen molar-refractivity contribution < 1.29 is 17.6 Å². The summed E-state index contributed by atoms with van der Waals surface area (Å²) in [7, 11) is 0. The molecule has 0 amide bonds. The van der Waals surface area contributed by atoms with Crippen LogP contribution in [0.1, 0.15) is 57.4 Å². The minimum absolute atomic E-state index is 0.0327. The lowest BCUT2D eigenvalue weighted by molar-refractivity contribution is -0.137. The first-order chi connectivity index (χ1) is 17.1. The molecule has 0 fully saturated rings. The van der Waals surface area contributed by atoms with Crippen LogP contribution in [0.25, 0.3) is 11.3 Å². The molecule has 1 aromatic carbocycles. The second-order valence-electron chi connectivity index (χ2n) is 8.64. The molecule has 1 atom stereocenters. The first kappa shape index (κ1) is 28.1. The number of anilines is 3. The molecule has 0 aliphatic heterocycles. The predicted octanol–water partition coefficient (Wildman–Crippen LogP) is 8.37. The van der Waals surface area contributed by atoms with Gasteiger partial charge in [-0.2, -0.15) is 17.6 Å². The SMILES string of the molecule is CCCN(CC[C@H](C)CC)c1ncnc(Nc2nc(-c3cc(Cl)cc(C(F)(F)F)c3)c(CC)s2)c1F. The summed E-state index contributed by atoms with van der Waals surface area (Å²) in [5, 5.41) is 3.19. The number of aromatic nitrogens is 3. The Morgan fingerprint density at radius 1 is 1.11 bits per heavy atom. The van der Waals surface area contributed by atoms with Crippen LogP contribution in [-0.4, -0.2) is 28.0 Å². The third kappa shape index (κ3) is 6.85. The molecule has 0 radical (unpaired) electrons. The van der Waals surface area contributed by atoms with E-state index >= 15 is 4.39 Å². The molecule has 5 nitrogen and oxygen atoms in total. The highest BCUT2D eigenvalue weighted by atomic mass is 35.5. The summed E-state index contributed by atoms with van der Waals surface area (Å²) < 4.78 is 55.4. The number of hydrogen-bond acceptors (Lipinski definition) is 6. The number of nitrogens with zero attached hydrogens (tertiary/aromatic N) is 4. The molecular weight excluding hydrogens is 514 g/mol. The number of rotatable bonds is 11. The van der Waals surface area contributed by atoms with Gasteiger partial charge in [-0.05, 0) is 43.4 Å². The molecule has 2 heterocycles. The molecule has 2 aromatic heterocycles. The fourth-order valence-corrected chi connectivity index (χ4v) is 4.86. The van der Waals surface area contributed by atoms with Crippen LogP contribution < -0.4 is 10.2 Å². The van der Waals surface area contributed by atoms with Gasteiger partial charge in [-0.25, -0.2) is 15.0 Å². The lowest BCUT2D eigenvalue weighted by atomic mass is 10.1. The lowest BCUT2D eigenvalue weighted by Crippen LogP contribution is -2.28. The smallest absolute Gasteiger partial charge is 0.354 e. The fourth-order valence-electron chi connectivity index (χ4n) is 3.70. The van der Waals surface area contributed by atoms with E-state index in [-0.39, 0.29) is 22.2 Å². The molecule has 0 spiro atoms. The van der Waals surface area contributed by atoms with E-state index < -0.39 is 17.6 Å². The van der Waals surface area contributed by atoms with Crippen molar-refractivity contribution >= 4 is 39.7 Å². The Bertz CT molecular complexity index is 1170. The first-order valence-electron chi connectivity index (χ1n) is 12.0. The zero-order valence-corrected chi connectivity index (χ0v) is 22.3. The number of hydrogen-bond donors (Lipinski definition) is 1. The van der Waals surface area contributed by atoms with Crippen molar-refractivity contribution in [2.45, 2.75) is 59.6 Å². The summed E-state index contributed by atoms with van der Waals surface area (Å²) >= 11 is 7.21. The second-order valence-corrected chi connectivity index (χ2v) is 10.2. The Balaban J connectivity index is 1.92. The molecule has 3 aromatic rings. The highest BCUT2D eigenvalue weighted by Gasteiger charge is 2.31. The van der Waals surface area contributed by atoms with Gasteiger partial charge in [0.2, 0.25) is 5.82 Å². The Kier molecular flexibility index (Phi) is 9.52. The van der Waals surface area contributed by atoms with Crippen LogP contribution in [0.15, 0.2) is 24.5 Å². The van der Waals surface area contributed by atoms with Gasteiger partial charge in [-0.15, -0.1) is 11.3 Å². The van der Waals surface area contributed by atoms with Gasteiger partial charge in [0.15, 0.2) is 16.8 Å². The molecule has 0 aliphatic rings. The summed E-state index contributed by atoms with van der Waals surface area (Å²) in [6.45, 7) is 9.52. The van der Waals surface area contributed by atoms with Gasteiger partial charge in [0.1, 0.15) is 6.33 Å². The van der Waals surface area contributed by atoms with Crippen molar-refractivity contribution in [1.82, 2.24) is 15.0 Å². The minimum Gasteiger partial charge on any atom is -0.354 e. The van der Waals surface area contributed by atoms with Crippen LogP contribution in [-0.2, 0) is 12.6 Å². The van der Waals surface area contributed by atoms with E-state index in [9.17, 15) is 13.2 Å². The van der Waals surface area contributed by atoms with Gasteiger partial charge in [0, 0.05) is 28.6 Å². The zero-order valence-electron chi connectivity index (χ0n) is 20.7. The van der Waals surface area contributed by atoms with Crippen LogP contribution in [0.2, 0.25) is 5.02 Å². The Morgan fingerprint density at radius 3 is 2.50 bits per heavy atom. The monoisotopic (exact) mass is 543 g/mol. The number of benzene rings is 1. The molecule has 11 heteroatoms. The first-order valence-corrected chi connectivity index (χ1v) is 13.2. The van der Waals surface area contributed by atoms with Gasteiger partial charge in [-0.3, -0.25) is 0 Å². The standard InChI is InChI=1S/C25H30ClF4N5S/c1-5-9-35(10-8-15(4)6-2)23-20(27)22(31-14-32-23)34-24-33-21(19(7-3)36-24)16-11-17(25(28,29)30)13-18(26)12-16/h11-15H,5-10H2,1-4H3,(H,31,32,33,34)/t15-/m1/s1. The van der Waals surface area contributed by atoms with Crippen LogP contribution in [0.5, 0.6) is 0 Å². The van der Waals surface area contributed by atoms with E-state index in [1.807, 2.05) is 18.7 Å². The normalized spacial score (nSPS) is 12.6. The third-order valence-electron chi connectivity index (χ3n) is 5.90. The van der Waals surface area contributed by atoms with Gasteiger partial charge in [-0.1, -0.05) is 45.7 Å². The van der Waals surface area contributed by atoms with Crippen LogP contribution in [0.3, 0.4) is 0 Å². The largest absolute Gasteiger partial charge is 0.416 e. The van der Waals surface area contributed by atoms with Crippen LogP contribution in [0, 0.1) is 11.7 Å². The van der Waals surface area contributed by atoms with Gasteiger partial charge in [0.05, 0.1) is 11.3 Å². The van der Waals surface area contributed by atoms with Crippen molar-refractivity contribution in [3.8, 4) is 11.3 Å². The van der Waals surface area contributed by atoms with Gasteiger partial charge < -0.3 is 10.2 Å². The van der Waals surface area contributed by atoms with E-state index in [1.165, 1.54) is 23.7 Å². The molecule has 0 bridgehead atoms. The van der Waals surface area contributed by atoms with E-state index in [2.05, 4.69) is 34.1 Å². The zero-order chi connectivity index (χ0) is 26.5. The third-order valence-corrected chi connectivity index (χ3v) is 7.23. The van der Waals surface area contributed by atoms with Gasteiger partial charge in [0.25, 0.3) is 0 Å². The lowest BCUT2D eigenvalue weighted by Gasteiger charge is -2.25. The van der Waals surface area contributed by atoms with E-state index in [4.69, 9.17) is 11.6 Å². The maximum atomic E-state index is 15.5. The molecular formula is C25H30ClF4N5S. The summed E-state index contributed by atoms with van der Waals surface area (Å²) in [5.41, 5.74) is -0.234. The molecule has 1 N–H and O–H groups in total. The topological polar surface area (TPSA) is 53.9 Å². The molecule has 0 aliphatic carbocycles. The van der Waals surface area contributed by atoms with Crippen LogP contribution >= 0.6 is 22.9 Å². The van der Waals surface area contributed by atoms with Crippen molar-refractivity contribution in [3.63, 3.8) is 0 Å². The molecule has 0 saturated carbocycles. The molecule has 0 unspecified atom stereocenters. The van der Waals surface area contributed by atoms with Crippen molar-refractivity contribution in [2.75, 3.05) is 23.3 Å². The van der Waals surface area contributed by atoms with Crippen molar-refractivity contribution in [3.05, 3.63) is 45.8 Å². The average molecular weight is 544 g/mol. The van der Waals surface area contributed by atoms with Crippen molar-refractivity contribution in [1.29, 1.82) is 0 Å². The summed E-state index contributed by atoms with van der Waals surface area (Å²) in [5.74, 6) is 0.105. The quantitative estimate of drug-likeness (QED) is 0.246. The molecule has 36 heavy (non-hydrogen) atoms. The number of halogens is 5. The predicted molar refractivity (Wildman–Crippen MR) is 139 cm³/mol. The van der Waals surface area contributed by atoms with E-state index in [0.29, 0.717) is 36.3 Å². The summed E-state index contributed by atoms with van der Waals surface area (Å²) in [6, 6.07) is 3.34. The number of thiazole rings is 1. The second kappa shape index (κ2) is 12.2. The molecule has 0 saturated heterocycles.